The van der Waals surface area contributed by atoms with Crippen molar-refractivity contribution in [2.45, 2.75) is 31.9 Å². The molecule has 7 heteroatoms. The molecule has 0 aliphatic carbocycles. The lowest BCUT2D eigenvalue weighted by atomic mass is 9.84. The molecule has 0 saturated carbocycles. The molecule has 1 amide bonds. The van der Waals surface area contributed by atoms with Crippen molar-refractivity contribution in [3.8, 4) is 0 Å². The number of carboxylic acids is 1. The molecule has 2 aliphatic heterocycles. The molecule has 0 radical (unpaired) electrons. The Hall–Kier alpha value is -2.05. The van der Waals surface area contributed by atoms with E-state index in [2.05, 4.69) is 0 Å². The SMILES string of the molecule is O=C(O)C1CCO[C@H]1C1CCN(C(=O)Cn2ccc3ccc(Cl)cc32)CC1. The zero-order chi connectivity index (χ0) is 19.0. The molecule has 4 rings (SSSR count). The van der Waals surface area contributed by atoms with Gasteiger partial charge in [0.15, 0.2) is 0 Å². The molecule has 1 N–H and O–H groups in total. The van der Waals surface area contributed by atoms with E-state index in [0.717, 1.165) is 23.7 Å². The minimum absolute atomic E-state index is 0.0769. The number of nitrogens with zero attached hydrogens (tertiary/aromatic N) is 2. The van der Waals surface area contributed by atoms with Crippen molar-refractivity contribution in [2.75, 3.05) is 19.7 Å². The van der Waals surface area contributed by atoms with E-state index in [4.69, 9.17) is 16.3 Å². The number of fused-ring (bicyclic) bond motifs is 1. The number of carbonyl (C=O) groups excluding carboxylic acids is 1. The van der Waals surface area contributed by atoms with Gasteiger partial charge in [0, 0.05) is 36.4 Å². The van der Waals surface area contributed by atoms with Gasteiger partial charge in [0.05, 0.1) is 12.0 Å². The van der Waals surface area contributed by atoms with Gasteiger partial charge in [0.25, 0.3) is 0 Å². The van der Waals surface area contributed by atoms with Gasteiger partial charge in [-0.05, 0) is 48.8 Å². The molecular formula is C20H23ClN2O4. The summed E-state index contributed by atoms with van der Waals surface area (Å²) in [7, 11) is 0. The van der Waals surface area contributed by atoms with E-state index in [1.807, 2.05) is 39.9 Å². The van der Waals surface area contributed by atoms with Crippen LogP contribution in [0.5, 0.6) is 0 Å². The van der Waals surface area contributed by atoms with E-state index in [0.29, 0.717) is 31.1 Å². The molecule has 2 saturated heterocycles. The predicted octanol–water partition coefficient (Wildman–Crippen LogP) is 3.02. The summed E-state index contributed by atoms with van der Waals surface area (Å²) in [5, 5.41) is 11.1. The van der Waals surface area contributed by atoms with Crippen molar-refractivity contribution in [3.63, 3.8) is 0 Å². The molecule has 0 bridgehead atoms. The van der Waals surface area contributed by atoms with Gasteiger partial charge in [-0.15, -0.1) is 0 Å². The van der Waals surface area contributed by atoms with E-state index >= 15 is 0 Å². The molecule has 2 fully saturated rings. The molecule has 0 spiro atoms. The smallest absolute Gasteiger partial charge is 0.309 e. The van der Waals surface area contributed by atoms with Crippen LogP contribution in [-0.2, 0) is 20.9 Å². The average Bonchev–Trinajstić information content (AvgIpc) is 3.29. The van der Waals surface area contributed by atoms with Crippen LogP contribution >= 0.6 is 11.6 Å². The van der Waals surface area contributed by atoms with Gasteiger partial charge in [0.2, 0.25) is 5.91 Å². The predicted molar refractivity (Wildman–Crippen MR) is 102 cm³/mol. The van der Waals surface area contributed by atoms with E-state index in [1.165, 1.54) is 0 Å². The van der Waals surface area contributed by atoms with Gasteiger partial charge in [-0.25, -0.2) is 0 Å². The van der Waals surface area contributed by atoms with Crippen LogP contribution in [-0.4, -0.2) is 52.3 Å². The quantitative estimate of drug-likeness (QED) is 0.871. The van der Waals surface area contributed by atoms with Gasteiger partial charge in [-0.2, -0.15) is 0 Å². The first-order valence-electron chi connectivity index (χ1n) is 9.39. The summed E-state index contributed by atoms with van der Waals surface area (Å²) in [6.07, 6.45) is 3.87. The Morgan fingerprint density at radius 2 is 1.96 bits per heavy atom. The summed E-state index contributed by atoms with van der Waals surface area (Å²) in [6.45, 7) is 2.10. The van der Waals surface area contributed by atoms with Crippen LogP contribution in [0.15, 0.2) is 30.5 Å². The number of benzene rings is 1. The molecule has 2 aromatic rings. The molecule has 6 nitrogen and oxygen atoms in total. The molecule has 1 aromatic heterocycles. The first kappa shape index (κ1) is 18.3. The van der Waals surface area contributed by atoms with E-state index < -0.39 is 11.9 Å². The minimum atomic E-state index is -0.769. The van der Waals surface area contributed by atoms with Gasteiger partial charge in [0.1, 0.15) is 6.54 Å². The summed E-state index contributed by atoms with van der Waals surface area (Å²) in [4.78, 5) is 26.0. The maximum absolute atomic E-state index is 12.7. The third-order valence-electron chi connectivity index (χ3n) is 5.85. The van der Waals surface area contributed by atoms with Crippen LogP contribution < -0.4 is 0 Å². The summed E-state index contributed by atoms with van der Waals surface area (Å²) in [5.41, 5.74) is 0.953. The van der Waals surface area contributed by atoms with Gasteiger partial charge >= 0.3 is 5.97 Å². The largest absolute Gasteiger partial charge is 0.481 e. The summed E-state index contributed by atoms with van der Waals surface area (Å²) >= 11 is 6.08. The number of rotatable bonds is 4. The summed E-state index contributed by atoms with van der Waals surface area (Å²) in [5.74, 6) is -0.890. The first-order valence-corrected chi connectivity index (χ1v) is 9.77. The summed E-state index contributed by atoms with van der Waals surface area (Å²) < 4.78 is 7.63. The highest BCUT2D eigenvalue weighted by molar-refractivity contribution is 6.31. The highest BCUT2D eigenvalue weighted by Gasteiger charge is 2.40. The number of hydrogen-bond donors (Lipinski definition) is 1. The Balaban J connectivity index is 1.37. The molecule has 27 heavy (non-hydrogen) atoms. The zero-order valence-corrected chi connectivity index (χ0v) is 15.8. The van der Waals surface area contributed by atoms with Crippen LogP contribution in [0.25, 0.3) is 10.9 Å². The molecule has 2 aliphatic rings. The number of likely N-dealkylation sites (tertiary alicyclic amines) is 1. The maximum Gasteiger partial charge on any atom is 0.309 e. The Bertz CT molecular complexity index is 857. The van der Waals surface area contributed by atoms with Gasteiger partial charge in [-0.3, -0.25) is 9.59 Å². The second kappa shape index (κ2) is 7.52. The number of aliphatic carboxylic acids is 1. The zero-order valence-electron chi connectivity index (χ0n) is 15.0. The van der Waals surface area contributed by atoms with E-state index in [1.54, 1.807) is 0 Å². The monoisotopic (exact) mass is 390 g/mol. The number of hydrogen-bond acceptors (Lipinski definition) is 3. The van der Waals surface area contributed by atoms with E-state index in [-0.39, 0.29) is 24.5 Å². The highest BCUT2D eigenvalue weighted by Crippen LogP contribution is 2.33. The van der Waals surface area contributed by atoms with Gasteiger partial charge in [-0.1, -0.05) is 17.7 Å². The maximum atomic E-state index is 12.7. The molecule has 3 heterocycles. The number of halogens is 1. The molecular weight excluding hydrogens is 368 g/mol. The van der Waals surface area contributed by atoms with Crippen molar-refractivity contribution >= 4 is 34.4 Å². The number of ether oxygens (including phenoxy) is 1. The van der Waals surface area contributed by atoms with E-state index in [9.17, 15) is 14.7 Å². The third-order valence-corrected chi connectivity index (χ3v) is 6.09. The molecule has 144 valence electrons. The Morgan fingerprint density at radius 1 is 1.19 bits per heavy atom. The molecule has 1 aromatic carbocycles. The standard InChI is InChI=1S/C20H23ClN2O4/c21-15-2-1-13-3-9-23(17(13)11-15)12-18(24)22-7-4-14(5-8-22)19-16(20(25)26)6-10-27-19/h1-3,9,11,14,16,19H,4-8,10,12H2,(H,25,26)/t16?,19-/m0/s1. The fraction of sp³-hybridized carbons (Fsp3) is 0.500. The van der Waals surface area contributed by atoms with Crippen molar-refractivity contribution in [2.24, 2.45) is 11.8 Å². The third kappa shape index (κ3) is 3.69. The normalized spacial score (nSPS) is 23.8. The Morgan fingerprint density at radius 3 is 2.70 bits per heavy atom. The molecule has 2 atom stereocenters. The van der Waals surface area contributed by atoms with Crippen molar-refractivity contribution in [1.82, 2.24) is 9.47 Å². The van der Waals surface area contributed by atoms with Crippen LogP contribution in [0.1, 0.15) is 19.3 Å². The highest BCUT2D eigenvalue weighted by atomic mass is 35.5. The number of piperidine rings is 1. The minimum Gasteiger partial charge on any atom is -0.481 e. The number of carboxylic acid groups (broad SMARTS) is 1. The van der Waals surface area contributed by atoms with Crippen molar-refractivity contribution < 1.29 is 19.4 Å². The number of aromatic nitrogens is 1. The van der Waals surface area contributed by atoms with Crippen LogP contribution in [0, 0.1) is 11.8 Å². The average molecular weight is 391 g/mol. The molecule has 1 unspecified atom stereocenters. The number of carbonyl (C=O) groups is 2. The Kier molecular flexibility index (Phi) is 5.10. The first-order chi connectivity index (χ1) is 13.0. The van der Waals surface area contributed by atoms with Crippen molar-refractivity contribution in [3.05, 3.63) is 35.5 Å². The topological polar surface area (TPSA) is 71.8 Å². The second-order valence-corrected chi connectivity index (χ2v) is 7.87. The lowest BCUT2D eigenvalue weighted by Crippen LogP contribution is -2.44. The van der Waals surface area contributed by atoms with Crippen LogP contribution in [0.3, 0.4) is 0 Å². The second-order valence-electron chi connectivity index (χ2n) is 7.43. The lowest BCUT2D eigenvalue weighted by molar-refractivity contribution is -0.146. The fourth-order valence-corrected chi connectivity index (χ4v) is 4.52. The van der Waals surface area contributed by atoms with Crippen molar-refractivity contribution in [1.29, 1.82) is 0 Å². The van der Waals surface area contributed by atoms with Crippen LogP contribution in [0.4, 0.5) is 0 Å². The fourth-order valence-electron chi connectivity index (χ4n) is 4.36. The number of amides is 1. The van der Waals surface area contributed by atoms with Gasteiger partial charge < -0.3 is 19.3 Å². The lowest BCUT2D eigenvalue weighted by Gasteiger charge is -2.35. The summed E-state index contributed by atoms with van der Waals surface area (Å²) in [6, 6.07) is 7.65. The Labute approximate surface area is 162 Å². The van der Waals surface area contributed by atoms with Crippen LogP contribution in [0.2, 0.25) is 5.02 Å².